The third kappa shape index (κ3) is 8.17. The second kappa shape index (κ2) is 9.77. The fourth-order valence-corrected chi connectivity index (χ4v) is 2.57. The largest absolute Gasteiger partial charge is 0.481 e. The van der Waals surface area contributed by atoms with E-state index >= 15 is 0 Å². The molecule has 5 heteroatoms. The molecule has 0 spiro atoms. The summed E-state index contributed by atoms with van der Waals surface area (Å²) in [5, 5.41) is 11.9. The summed E-state index contributed by atoms with van der Waals surface area (Å²) in [5.74, 6) is 0.446. The predicted octanol–water partition coefficient (Wildman–Crippen LogP) is 3.40. The van der Waals surface area contributed by atoms with Crippen LogP contribution in [0.25, 0.3) is 0 Å². The highest BCUT2D eigenvalue weighted by Gasteiger charge is 2.04. The maximum Gasteiger partial charge on any atom is 0.303 e. The minimum atomic E-state index is -0.722. The summed E-state index contributed by atoms with van der Waals surface area (Å²) in [6, 6.07) is 6.52. The molecule has 20 heavy (non-hydrogen) atoms. The molecule has 1 atom stereocenters. The average molecular weight is 299 g/mol. The van der Waals surface area contributed by atoms with Gasteiger partial charge in [-0.3, -0.25) is 4.79 Å². The zero-order valence-corrected chi connectivity index (χ0v) is 12.6. The lowest BCUT2D eigenvalue weighted by molar-refractivity contribution is -0.137. The topological polar surface area (TPSA) is 49.3 Å². The molecule has 0 saturated carbocycles. The van der Waals surface area contributed by atoms with Gasteiger partial charge < -0.3 is 10.4 Å². The van der Waals surface area contributed by atoms with Crippen LogP contribution in [0.1, 0.15) is 26.2 Å². The highest BCUT2D eigenvalue weighted by molar-refractivity contribution is 7.99. The van der Waals surface area contributed by atoms with Crippen LogP contribution in [0.3, 0.4) is 0 Å². The van der Waals surface area contributed by atoms with Gasteiger partial charge in [-0.05, 0) is 49.6 Å². The van der Waals surface area contributed by atoms with Gasteiger partial charge in [-0.15, -0.1) is 11.8 Å². The van der Waals surface area contributed by atoms with Gasteiger partial charge in [0.2, 0.25) is 0 Å². The Morgan fingerprint density at radius 3 is 2.65 bits per heavy atom. The zero-order valence-electron chi connectivity index (χ0n) is 11.8. The van der Waals surface area contributed by atoms with Crippen molar-refractivity contribution in [3.8, 4) is 0 Å². The first-order valence-corrected chi connectivity index (χ1v) is 7.87. The first-order chi connectivity index (χ1) is 9.58. The first kappa shape index (κ1) is 17.0. The number of carbonyl (C=O) groups is 1. The number of hydrogen-bond donors (Lipinski definition) is 2. The molecule has 0 heterocycles. The molecule has 1 aromatic rings. The fraction of sp³-hybridized carbons (Fsp3) is 0.533. The minimum absolute atomic E-state index is 0.206. The summed E-state index contributed by atoms with van der Waals surface area (Å²) in [6.07, 6.45) is 1.98. The Morgan fingerprint density at radius 2 is 2.00 bits per heavy atom. The molecule has 0 amide bonds. The molecule has 112 valence electrons. The summed E-state index contributed by atoms with van der Waals surface area (Å²) in [7, 11) is 0. The number of carboxylic acid groups (broad SMARTS) is 1. The lowest BCUT2D eigenvalue weighted by Gasteiger charge is -2.10. The third-order valence-corrected chi connectivity index (χ3v) is 4.04. The van der Waals surface area contributed by atoms with Gasteiger partial charge >= 0.3 is 5.97 Å². The van der Waals surface area contributed by atoms with Crippen LogP contribution in [0, 0.1) is 11.7 Å². The van der Waals surface area contributed by atoms with Crippen LogP contribution >= 0.6 is 11.8 Å². The number of nitrogens with one attached hydrogen (secondary N) is 1. The number of hydrogen-bond acceptors (Lipinski definition) is 3. The van der Waals surface area contributed by atoms with Crippen molar-refractivity contribution >= 4 is 17.7 Å². The summed E-state index contributed by atoms with van der Waals surface area (Å²) >= 11 is 1.70. The minimum Gasteiger partial charge on any atom is -0.481 e. The SMILES string of the molecule is CC(CCNCCSc1ccc(F)cc1)CCC(=O)O. The molecule has 0 aliphatic carbocycles. The van der Waals surface area contributed by atoms with E-state index in [1.165, 1.54) is 12.1 Å². The number of thioether (sulfide) groups is 1. The molecule has 1 aromatic carbocycles. The van der Waals surface area contributed by atoms with E-state index in [1.807, 2.05) is 0 Å². The van der Waals surface area contributed by atoms with E-state index in [-0.39, 0.29) is 12.2 Å². The molecule has 1 unspecified atom stereocenters. The van der Waals surface area contributed by atoms with Crippen LogP contribution < -0.4 is 5.32 Å². The van der Waals surface area contributed by atoms with Crippen LogP contribution in [0.2, 0.25) is 0 Å². The third-order valence-electron chi connectivity index (χ3n) is 3.03. The second-order valence-electron chi connectivity index (χ2n) is 4.88. The van der Waals surface area contributed by atoms with Crippen LogP contribution in [0.4, 0.5) is 4.39 Å². The van der Waals surface area contributed by atoms with Crippen LogP contribution in [-0.4, -0.2) is 29.9 Å². The van der Waals surface area contributed by atoms with E-state index in [0.29, 0.717) is 5.92 Å². The number of carboxylic acids is 1. The van der Waals surface area contributed by atoms with E-state index in [9.17, 15) is 9.18 Å². The Labute approximate surface area is 124 Å². The number of halogens is 1. The fourth-order valence-electron chi connectivity index (χ4n) is 1.76. The lowest BCUT2D eigenvalue weighted by Crippen LogP contribution is -2.20. The normalized spacial score (nSPS) is 12.3. The molecule has 2 N–H and O–H groups in total. The van der Waals surface area contributed by atoms with E-state index in [1.54, 1.807) is 23.9 Å². The quantitative estimate of drug-likeness (QED) is 0.513. The van der Waals surface area contributed by atoms with Gasteiger partial charge in [0.15, 0.2) is 0 Å². The molecule has 3 nitrogen and oxygen atoms in total. The van der Waals surface area contributed by atoms with Gasteiger partial charge in [-0.25, -0.2) is 4.39 Å². The van der Waals surface area contributed by atoms with Gasteiger partial charge in [0.05, 0.1) is 0 Å². The van der Waals surface area contributed by atoms with Crippen LogP contribution in [-0.2, 0) is 4.79 Å². The second-order valence-corrected chi connectivity index (χ2v) is 6.05. The summed E-state index contributed by atoms with van der Waals surface area (Å²) in [5.41, 5.74) is 0. The maximum atomic E-state index is 12.7. The van der Waals surface area contributed by atoms with Crippen molar-refractivity contribution in [2.75, 3.05) is 18.8 Å². The predicted molar refractivity (Wildman–Crippen MR) is 80.6 cm³/mol. The molecule has 1 rings (SSSR count). The van der Waals surface area contributed by atoms with E-state index < -0.39 is 5.97 Å². The van der Waals surface area contributed by atoms with E-state index in [4.69, 9.17) is 5.11 Å². The Morgan fingerprint density at radius 1 is 1.30 bits per heavy atom. The Balaban J connectivity index is 1.99. The standard InChI is InChI=1S/C15H22FNO2S/c1-12(2-7-15(18)19)8-9-17-10-11-20-14-5-3-13(16)4-6-14/h3-6,12,17H,2,7-11H2,1H3,(H,18,19). The van der Waals surface area contributed by atoms with Crippen molar-refractivity contribution in [1.82, 2.24) is 5.32 Å². The molecule has 0 aromatic heterocycles. The van der Waals surface area contributed by atoms with Crippen LogP contribution in [0.5, 0.6) is 0 Å². The number of rotatable bonds is 10. The Hall–Kier alpha value is -1.07. The average Bonchev–Trinajstić information content (AvgIpc) is 2.42. The molecular formula is C15H22FNO2S. The maximum absolute atomic E-state index is 12.7. The summed E-state index contributed by atoms with van der Waals surface area (Å²) in [4.78, 5) is 11.5. The first-order valence-electron chi connectivity index (χ1n) is 6.89. The summed E-state index contributed by atoms with van der Waals surface area (Å²) < 4.78 is 12.7. The molecular weight excluding hydrogens is 277 g/mol. The van der Waals surface area contributed by atoms with Crippen molar-refractivity contribution in [2.45, 2.75) is 31.1 Å². The lowest BCUT2D eigenvalue weighted by atomic mass is 10.0. The number of benzene rings is 1. The Bertz CT molecular complexity index is 397. The molecule has 0 saturated heterocycles. The van der Waals surface area contributed by atoms with Gasteiger partial charge in [-0.2, -0.15) is 0 Å². The van der Waals surface area contributed by atoms with Crippen molar-refractivity contribution in [1.29, 1.82) is 0 Å². The summed E-state index contributed by atoms with van der Waals surface area (Å²) in [6.45, 7) is 3.89. The smallest absolute Gasteiger partial charge is 0.303 e. The van der Waals surface area contributed by atoms with E-state index in [2.05, 4.69) is 12.2 Å². The zero-order chi connectivity index (χ0) is 14.8. The number of aliphatic carboxylic acids is 1. The van der Waals surface area contributed by atoms with Gasteiger partial charge in [0, 0.05) is 23.6 Å². The van der Waals surface area contributed by atoms with E-state index in [0.717, 1.165) is 36.6 Å². The van der Waals surface area contributed by atoms with Gasteiger partial charge in [0.1, 0.15) is 5.82 Å². The molecule has 0 aliphatic heterocycles. The van der Waals surface area contributed by atoms with Gasteiger partial charge in [0.25, 0.3) is 0 Å². The highest BCUT2D eigenvalue weighted by atomic mass is 32.2. The Kier molecular flexibility index (Phi) is 8.30. The van der Waals surface area contributed by atoms with Crippen molar-refractivity contribution in [3.05, 3.63) is 30.1 Å². The monoisotopic (exact) mass is 299 g/mol. The van der Waals surface area contributed by atoms with Crippen LogP contribution in [0.15, 0.2) is 29.2 Å². The molecule has 0 bridgehead atoms. The van der Waals surface area contributed by atoms with Crippen molar-refractivity contribution in [2.24, 2.45) is 5.92 Å². The molecule has 0 radical (unpaired) electrons. The highest BCUT2D eigenvalue weighted by Crippen LogP contribution is 2.17. The van der Waals surface area contributed by atoms with Gasteiger partial charge in [-0.1, -0.05) is 6.92 Å². The molecule has 0 fully saturated rings. The molecule has 0 aliphatic rings. The van der Waals surface area contributed by atoms with Crippen molar-refractivity contribution in [3.63, 3.8) is 0 Å². The van der Waals surface area contributed by atoms with Crippen molar-refractivity contribution < 1.29 is 14.3 Å².